The molecule has 0 amide bonds. The third-order valence-corrected chi connectivity index (χ3v) is 3.96. The van der Waals surface area contributed by atoms with E-state index in [1.807, 2.05) is 0 Å². The molecule has 1 heterocycles. The molecule has 1 nitrogen and oxygen atoms in total. The Morgan fingerprint density at radius 3 is 2.42 bits per heavy atom. The van der Waals surface area contributed by atoms with Crippen LogP contribution in [0.5, 0.6) is 0 Å². The van der Waals surface area contributed by atoms with Gasteiger partial charge in [-0.25, -0.2) is 0 Å². The number of likely N-dealkylation sites (tertiary alicyclic amines) is 1. The van der Waals surface area contributed by atoms with E-state index >= 15 is 0 Å². The van der Waals surface area contributed by atoms with Gasteiger partial charge in [-0.1, -0.05) is 11.1 Å². The number of rotatable bonds is 0. The largest absolute Gasteiger partial charge is 0.305 e. The topological polar surface area (TPSA) is 3.24 Å². The minimum atomic E-state index is 0.596. The third kappa shape index (κ3) is 1.03. The van der Waals surface area contributed by atoms with Crippen LogP contribution >= 0.6 is 0 Å². The van der Waals surface area contributed by atoms with Gasteiger partial charge in [0, 0.05) is 12.0 Å². The maximum absolute atomic E-state index is 2.47. The van der Waals surface area contributed by atoms with Crippen molar-refractivity contribution < 1.29 is 0 Å². The average molecular weight is 165 g/mol. The van der Waals surface area contributed by atoms with Crippen LogP contribution < -0.4 is 0 Å². The van der Waals surface area contributed by atoms with Crippen molar-refractivity contribution in [3.63, 3.8) is 0 Å². The molecule has 1 aliphatic heterocycles. The van der Waals surface area contributed by atoms with E-state index in [9.17, 15) is 0 Å². The van der Waals surface area contributed by atoms with Gasteiger partial charge in [0.25, 0.3) is 0 Å². The SMILES string of the molecule is CC1=C(C)C2(CC1)CCN(C)C2. The predicted molar refractivity (Wildman–Crippen MR) is 52.2 cm³/mol. The molecule has 1 spiro atoms. The van der Waals surface area contributed by atoms with E-state index in [1.54, 1.807) is 11.1 Å². The molecule has 0 bridgehead atoms. The van der Waals surface area contributed by atoms with Gasteiger partial charge in [0.2, 0.25) is 0 Å². The van der Waals surface area contributed by atoms with E-state index in [0.717, 1.165) is 0 Å². The third-order valence-electron chi connectivity index (χ3n) is 3.96. The van der Waals surface area contributed by atoms with Crippen LogP contribution in [0.15, 0.2) is 11.1 Å². The Kier molecular flexibility index (Phi) is 1.80. The van der Waals surface area contributed by atoms with Gasteiger partial charge in [-0.05, 0) is 46.7 Å². The second-order valence-electron chi connectivity index (χ2n) is 4.67. The molecule has 0 N–H and O–H groups in total. The van der Waals surface area contributed by atoms with E-state index < -0.39 is 0 Å². The molecule has 0 aromatic carbocycles. The van der Waals surface area contributed by atoms with E-state index in [2.05, 4.69) is 25.8 Å². The summed E-state index contributed by atoms with van der Waals surface area (Å²) in [4.78, 5) is 2.47. The van der Waals surface area contributed by atoms with Gasteiger partial charge < -0.3 is 4.90 Å². The van der Waals surface area contributed by atoms with Crippen LogP contribution in [-0.4, -0.2) is 25.0 Å². The van der Waals surface area contributed by atoms with Gasteiger partial charge in [0.15, 0.2) is 0 Å². The van der Waals surface area contributed by atoms with Crippen molar-refractivity contribution in [2.75, 3.05) is 20.1 Å². The Labute approximate surface area is 75.4 Å². The van der Waals surface area contributed by atoms with Crippen LogP contribution in [0, 0.1) is 5.41 Å². The summed E-state index contributed by atoms with van der Waals surface area (Å²) in [5.41, 5.74) is 3.95. The lowest BCUT2D eigenvalue weighted by atomic mass is 9.81. The first-order valence-electron chi connectivity index (χ1n) is 4.99. The Balaban J connectivity index is 2.24. The number of hydrogen-bond donors (Lipinski definition) is 0. The standard InChI is InChI=1S/C11H19N/c1-9-4-5-11(10(9)2)6-7-12(3)8-11/h4-8H2,1-3H3. The van der Waals surface area contributed by atoms with Gasteiger partial charge in [0.05, 0.1) is 0 Å². The lowest BCUT2D eigenvalue weighted by molar-refractivity contribution is 0.328. The van der Waals surface area contributed by atoms with E-state index in [1.165, 1.54) is 32.4 Å². The van der Waals surface area contributed by atoms with Crippen molar-refractivity contribution in [1.82, 2.24) is 4.90 Å². The minimum absolute atomic E-state index is 0.596. The van der Waals surface area contributed by atoms with Crippen molar-refractivity contribution in [3.8, 4) is 0 Å². The Morgan fingerprint density at radius 1 is 1.25 bits per heavy atom. The molecule has 0 radical (unpaired) electrons. The molecule has 1 saturated heterocycles. The summed E-state index contributed by atoms with van der Waals surface area (Å²) in [7, 11) is 2.25. The zero-order valence-electron chi connectivity index (χ0n) is 8.48. The van der Waals surface area contributed by atoms with E-state index in [-0.39, 0.29) is 0 Å². The molecule has 0 aromatic rings. The zero-order chi connectivity index (χ0) is 8.77. The summed E-state index contributed by atoms with van der Waals surface area (Å²) in [6, 6.07) is 0. The molecule has 1 heteroatoms. The molecule has 0 saturated carbocycles. The van der Waals surface area contributed by atoms with Crippen LogP contribution in [0.2, 0.25) is 0 Å². The van der Waals surface area contributed by atoms with Gasteiger partial charge in [-0.3, -0.25) is 0 Å². The van der Waals surface area contributed by atoms with Gasteiger partial charge in [-0.2, -0.15) is 0 Å². The highest BCUT2D eigenvalue weighted by atomic mass is 15.1. The second-order valence-corrected chi connectivity index (χ2v) is 4.67. The summed E-state index contributed by atoms with van der Waals surface area (Å²) >= 11 is 0. The monoisotopic (exact) mass is 165 g/mol. The molecule has 2 aliphatic rings. The van der Waals surface area contributed by atoms with Crippen LogP contribution in [0.1, 0.15) is 33.1 Å². The molecular weight excluding hydrogens is 146 g/mol. The number of hydrogen-bond acceptors (Lipinski definition) is 1. The van der Waals surface area contributed by atoms with E-state index in [0.29, 0.717) is 5.41 Å². The molecule has 2 rings (SSSR count). The molecule has 1 atom stereocenters. The van der Waals surface area contributed by atoms with Crippen LogP contribution in [-0.2, 0) is 0 Å². The summed E-state index contributed by atoms with van der Waals surface area (Å²) in [6.07, 6.45) is 4.15. The lowest BCUT2D eigenvalue weighted by Gasteiger charge is -2.25. The molecule has 12 heavy (non-hydrogen) atoms. The second kappa shape index (κ2) is 2.59. The quantitative estimate of drug-likeness (QED) is 0.498. The van der Waals surface area contributed by atoms with Crippen molar-refractivity contribution >= 4 is 0 Å². The molecular formula is C11H19N. The Hall–Kier alpha value is -0.300. The average Bonchev–Trinajstić information content (AvgIpc) is 2.53. The summed E-state index contributed by atoms with van der Waals surface area (Å²) in [5, 5.41) is 0. The van der Waals surface area contributed by atoms with Crippen LogP contribution in [0.25, 0.3) is 0 Å². The molecule has 1 aliphatic carbocycles. The number of nitrogens with zero attached hydrogens (tertiary/aromatic N) is 1. The normalized spacial score (nSPS) is 37.2. The van der Waals surface area contributed by atoms with Gasteiger partial charge in [0.1, 0.15) is 0 Å². The molecule has 1 unspecified atom stereocenters. The fourth-order valence-electron chi connectivity index (χ4n) is 2.84. The summed E-state index contributed by atoms with van der Waals surface area (Å²) in [6.45, 7) is 7.25. The molecule has 68 valence electrons. The van der Waals surface area contributed by atoms with Crippen LogP contribution in [0.4, 0.5) is 0 Å². The van der Waals surface area contributed by atoms with Crippen molar-refractivity contribution in [3.05, 3.63) is 11.1 Å². The first-order valence-corrected chi connectivity index (χ1v) is 4.99. The van der Waals surface area contributed by atoms with Crippen LogP contribution in [0.3, 0.4) is 0 Å². The smallest absolute Gasteiger partial charge is 0.00729 e. The highest BCUT2D eigenvalue weighted by molar-refractivity contribution is 5.27. The van der Waals surface area contributed by atoms with E-state index in [4.69, 9.17) is 0 Å². The summed E-state index contributed by atoms with van der Waals surface area (Å²) in [5.74, 6) is 0. The Bertz CT molecular complexity index is 229. The van der Waals surface area contributed by atoms with Crippen molar-refractivity contribution in [2.24, 2.45) is 5.41 Å². The molecule has 1 fully saturated rings. The highest BCUT2D eigenvalue weighted by Crippen LogP contribution is 2.48. The maximum Gasteiger partial charge on any atom is 0.00729 e. The summed E-state index contributed by atoms with van der Waals surface area (Å²) < 4.78 is 0. The van der Waals surface area contributed by atoms with Crippen molar-refractivity contribution in [2.45, 2.75) is 33.1 Å². The fourth-order valence-corrected chi connectivity index (χ4v) is 2.84. The highest BCUT2D eigenvalue weighted by Gasteiger charge is 2.41. The first-order chi connectivity index (χ1) is 5.64. The van der Waals surface area contributed by atoms with Gasteiger partial charge >= 0.3 is 0 Å². The molecule has 0 aromatic heterocycles. The predicted octanol–water partition coefficient (Wildman–Crippen LogP) is 2.44. The lowest BCUT2D eigenvalue weighted by Crippen LogP contribution is -2.23. The number of allylic oxidation sites excluding steroid dienone is 1. The van der Waals surface area contributed by atoms with Gasteiger partial charge in [-0.15, -0.1) is 0 Å². The Morgan fingerprint density at radius 2 is 2.00 bits per heavy atom. The van der Waals surface area contributed by atoms with Crippen molar-refractivity contribution in [1.29, 1.82) is 0 Å². The zero-order valence-corrected chi connectivity index (χ0v) is 8.48. The minimum Gasteiger partial charge on any atom is -0.305 e. The maximum atomic E-state index is 2.47. The first kappa shape index (κ1) is 8.31. The fraction of sp³-hybridized carbons (Fsp3) is 0.818.